The molecule has 1 fully saturated rings. The van der Waals surface area contributed by atoms with Crippen molar-refractivity contribution in [3.05, 3.63) is 109 Å². The molecule has 0 radical (unpaired) electrons. The normalized spacial score (nSPS) is 23.1. The average molecular weight is 464 g/mol. The van der Waals surface area contributed by atoms with Gasteiger partial charge in [0.1, 0.15) is 0 Å². The quantitative estimate of drug-likeness (QED) is 0.231. The molecule has 1 heterocycles. The maximum atomic E-state index is 2.64. The van der Waals surface area contributed by atoms with Crippen LogP contribution >= 0.6 is 0 Å². The molecule has 1 aliphatic heterocycles. The second kappa shape index (κ2) is 6.89. The summed E-state index contributed by atoms with van der Waals surface area (Å²) in [6, 6.07) is 38.7. The van der Waals surface area contributed by atoms with Gasteiger partial charge in [-0.3, -0.25) is 0 Å². The highest BCUT2D eigenvalue weighted by atomic mass is 15.3. The minimum atomic E-state index is 0.0952. The number of hydrogen-bond acceptors (Lipinski definition) is 1. The number of para-hydroxylation sites is 1. The van der Waals surface area contributed by atoms with E-state index >= 15 is 0 Å². The Bertz CT molecular complexity index is 1780. The largest absolute Gasteiger partial charge is 0.334 e. The van der Waals surface area contributed by atoms with Crippen molar-refractivity contribution in [1.82, 2.24) is 0 Å². The molecule has 1 aliphatic carbocycles. The molecule has 0 N–H and O–H groups in total. The molecule has 1 heteroatoms. The molecule has 174 valence electrons. The first-order chi connectivity index (χ1) is 17.6. The van der Waals surface area contributed by atoms with Gasteiger partial charge in [-0.2, -0.15) is 0 Å². The van der Waals surface area contributed by atoms with Crippen LogP contribution in [0.2, 0.25) is 0 Å². The van der Waals surface area contributed by atoms with E-state index in [1.54, 1.807) is 0 Å². The Morgan fingerprint density at radius 3 is 2.17 bits per heavy atom. The van der Waals surface area contributed by atoms with Crippen molar-refractivity contribution in [3.8, 4) is 11.1 Å². The van der Waals surface area contributed by atoms with Crippen LogP contribution in [0.4, 0.5) is 11.4 Å². The lowest BCUT2D eigenvalue weighted by Crippen LogP contribution is -2.48. The standard InChI is InChI=1S/C35H29N/c1-34-20-7-21-35(34,2)36(27-10-4-3-5-11-27)31-19-16-26(22-30(31)34)28-17-14-25-13-12-23-8-6-9-24-15-18-29(28)33(25)32(23)24/h3-6,8-19,22H,7,20-21H2,1-2H3. The van der Waals surface area contributed by atoms with Gasteiger partial charge in [0.25, 0.3) is 0 Å². The Morgan fingerprint density at radius 2 is 1.36 bits per heavy atom. The maximum absolute atomic E-state index is 2.64. The van der Waals surface area contributed by atoms with Crippen LogP contribution in [-0.4, -0.2) is 5.54 Å². The molecule has 2 atom stereocenters. The topological polar surface area (TPSA) is 3.24 Å². The Kier molecular flexibility index (Phi) is 3.89. The van der Waals surface area contributed by atoms with Crippen LogP contribution in [0.1, 0.15) is 38.7 Å². The lowest BCUT2D eigenvalue weighted by molar-refractivity contribution is 0.330. The maximum Gasteiger partial charge on any atom is 0.0517 e. The predicted octanol–water partition coefficient (Wildman–Crippen LogP) is 9.60. The number of hydrogen-bond donors (Lipinski definition) is 0. The van der Waals surface area contributed by atoms with Gasteiger partial charge in [0.05, 0.1) is 5.54 Å². The predicted molar refractivity (Wildman–Crippen MR) is 154 cm³/mol. The van der Waals surface area contributed by atoms with Gasteiger partial charge in [-0.25, -0.2) is 0 Å². The SMILES string of the molecule is CC12CCCC1(C)N(c1ccccc1)c1ccc(-c3ccc4ccc5cccc6ccc3c4c56)cc12. The number of rotatable bonds is 2. The van der Waals surface area contributed by atoms with E-state index in [1.807, 2.05) is 0 Å². The molecular weight excluding hydrogens is 434 g/mol. The van der Waals surface area contributed by atoms with E-state index in [9.17, 15) is 0 Å². The van der Waals surface area contributed by atoms with Crippen LogP contribution in [0, 0.1) is 0 Å². The zero-order valence-electron chi connectivity index (χ0n) is 20.9. The van der Waals surface area contributed by atoms with Gasteiger partial charge in [-0.15, -0.1) is 0 Å². The van der Waals surface area contributed by atoms with Crippen molar-refractivity contribution in [1.29, 1.82) is 0 Å². The van der Waals surface area contributed by atoms with Crippen LogP contribution in [0.3, 0.4) is 0 Å². The fourth-order valence-corrected chi connectivity index (χ4v) is 7.71. The van der Waals surface area contributed by atoms with Crippen LogP contribution < -0.4 is 4.90 Å². The molecule has 6 aromatic rings. The number of anilines is 2. The first kappa shape index (κ1) is 20.4. The summed E-state index contributed by atoms with van der Waals surface area (Å²) in [5.41, 5.74) is 7.10. The van der Waals surface area contributed by atoms with Gasteiger partial charge >= 0.3 is 0 Å². The third-order valence-electron chi connectivity index (χ3n) is 9.71. The van der Waals surface area contributed by atoms with E-state index in [-0.39, 0.29) is 11.0 Å². The summed E-state index contributed by atoms with van der Waals surface area (Å²) >= 11 is 0. The van der Waals surface area contributed by atoms with E-state index in [0.29, 0.717) is 0 Å². The zero-order valence-corrected chi connectivity index (χ0v) is 20.9. The molecular formula is C35H29N. The highest BCUT2D eigenvalue weighted by Gasteiger charge is 2.59. The third kappa shape index (κ3) is 2.41. The van der Waals surface area contributed by atoms with Crippen molar-refractivity contribution in [2.75, 3.05) is 4.90 Å². The molecule has 8 rings (SSSR count). The van der Waals surface area contributed by atoms with Gasteiger partial charge < -0.3 is 4.90 Å². The lowest BCUT2D eigenvalue weighted by atomic mass is 9.72. The molecule has 1 saturated carbocycles. The Hall–Kier alpha value is -3.84. The second-order valence-electron chi connectivity index (χ2n) is 11.3. The number of benzene rings is 6. The Labute approximate surface area is 212 Å². The van der Waals surface area contributed by atoms with Crippen LogP contribution in [-0.2, 0) is 5.41 Å². The molecule has 2 unspecified atom stereocenters. The molecule has 6 aromatic carbocycles. The monoisotopic (exact) mass is 463 g/mol. The highest BCUT2D eigenvalue weighted by Crippen LogP contribution is 2.62. The highest BCUT2D eigenvalue weighted by molar-refractivity contribution is 6.25. The summed E-state index contributed by atoms with van der Waals surface area (Å²) in [5.74, 6) is 0. The first-order valence-corrected chi connectivity index (χ1v) is 13.3. The van der Waals surface area contributed by atoms with E-state index in [0.717, 1.165) is 0 Å². The fraction of sp³-hybridized carbons (Fsp3) is 0.200. The van der Waals surface area contributed by atoms with Gasteiger partial charge in [0.2, 0.25) is 0 Å². The Balaban J connectivity index is 1.38. The number of nitrogens with zero attached hydrogens (tertiary/aromatic N) is 1. The molecule has 0 saturated heterocycles. The fourth-order valence-electron chi connectivity index (χ4n) is 7.71. The van der Waals surface area contributed by atoms with Crippen molar-refractivity contribution in [2.24, 2.45) is 0 Å². The number of fused-ring (bicyclic) bond motifs is 3. The molecule has 0 aromatic heterocycles. The lowest BCUT2D eigenvalue weighted by Gasteiger charge is -2.42. The Morgan fingerprint density at radius 1 is 0.639 bits per heavy atom. The van der Waals surface area contributed by atoms with Crippen LogP contribution in [0.15, 0.2) is 103 Å². The summed E-state index contributed by atoms with van der Waals surface area (Å²) in [5, 5.41) is 8.11. The molecule has 2 aliphatic rings. The molecule has 0 bridgehead atoms. The van der Waals surface area contributed by atoms with Crippen LogP contribution in [0.5, 0.6) is 0 Å². The second-order valence-corrected chi connectivity index (χ2v) is 11.3. The van der Waals surface area contributed by atoms with Gasteiger partial charge in [0.15, 0.2) is 0 Å². The smallest absolute Gasteiger partial charge is 0.0517 e. The average Bonchev–Trinajstić information content (AvgIpc) is 3.32. The summed E-state index contributed by atoms with van der Waals surface area (Å²) < 4.78 is 0. The summed E-state index contributed by atoms with van der Waals surface area (Å²) in [4.78, 5) is 2.64. The van der Waals surface area contributed by atoms with E-state index in [1.165, 1.54) is 79.6 Å². The summed E-state index contributed by atoms with van der Waals surface area (Å²) in [7, 11) is 0. The van der Waals surface area contributed by atoms with E-state index in [2.05, 4.69) is 122 Å². The van der Waals surface area contributed by atoms with Crippen molar-refractivity contribution < 1.29 is 0 Å². The molecule has 36 heavy (non-hydrogen) atoms. The van der Waals surface area contributed by atoms with E-state index < -0.39 is 0 Å². The van der Waals surface area contributed by atoms with Gasteiger partial charge in [-0.1, -0.05) is 92.2 Å². The third-order valence-corrected chi connectivity index (χ3v) is 9.71. The van der Waals surface area contributed by atoms with Gasteiger partial charge in [-0.05, 0) is 93.0 Å². The molecule has 0 spiro atoms. The van der Waals surface area contributed by atoms with Crippen molar-refractivity contribution >= 4 is 43.7 Å². The van der Waals surface area contributed by atoms with Crippen LogP contribution in [0.25, 0.3) is 43.4 Å². The summed E-state index contributed by atoms with van der Waals surface area (Å²) in [6.07, 6.45) is 3.74. The van der Waals surface area contributed by atoms with Crippen molar-refractivity contribution in [3.63, 3.8) is 0 Å². The summed E-state index contributed by atoms with van der Waals surface area (Å²) in [6.45, 7) is 5.00. The van der Waals surface area contributed by atoms with Crippen molar-refractivity contribution in [2.45, 2.75) is 44.1 Å². The molecule has 0 amide bonds. The zero-order chi connectivity index (χ0) is 24.1. The first-order valence-electron chi connectivity index (χ1n) is 13.3. The molecule has 1 nitrogen and oxygen atoms in total. The van der Waals surface area contributed by atoms with E-state index in [4.69, 9.17) is 0 Å². The minimum Gasteiger partial charge on any atom is -0.334 e. The van der Waals surface area contributed by atoms with Gasteiger partial charge in [0, 0.05) is 16.8 Å². The minimum absolute atomic E-state index is 0.0952.